The van der Waals surface area contributed by atoms with E-state index in [-0.39, 0.29) is 18.9 Å². The summed E-state index contributed by atoms with van der Waals surface area (Å²) in [5.74, 6) is -0.364. The van der Waals surface area contributed by atoms with Crippen LogP contribution in [0.25, 0.3) is 0 Å². The Morgan fingerprint density at radius 3 is 1.75 bits per heavy atom. The second kappa shape index (κ2) is 8.21. The van der Waals surface area contributed by atoms with Crippen LogP contribution in [0.1, 0.15) is 32.6 Å². The van der Waals surface area contributed by atoms with Crippen molar-refractivity contribution in [2.24, 2.45) is 0 Å². The molecule has 1 aromatic heterocycles. The third-order valence-corrected chi connectivity index (χ3v) is 5.09. The van der Waals surface area contributed by atoms with Crippen molar-refractivity contribution < 1.29 is 4.79 Å². The first-order valence-corrected chi connectivity index (χ1v) is 8.92. The van der Waals surface area contributed by atoms with Gasteiger partial charge in [-0.25, -0.2) is 28.1 Å². The molecule has 1 heterocycles. The molecule has 0 unspecified atom stereocenters. The summed E-state index contributed by atoms with van der Waals surface area (Å²) in [6.07, 6.45) is 2.77. The zero-order chi connectivity index (χ0) is 21.2. The number of benzene rings is 1. The molecule has 0 aliphatic rings. The summed E-state index contributed by atoms with van der Waals surface area (Å²) < 4.78 is 2.55. The Labute approximate surface area is 162 Å². The lowest BCUT2D eigenvalue weighted by atomic mass is 9.92. The minimum absolute atomic E-state index is 0.0644. The van der Waals surface area contributed by atoms with Crippen molar-refractivity contribution in [3.05, 3.63) is 90.6 Å². The van der Waals surface area contributed by atoms with Crippen molar-refractivity contribution in [1.29, 1.82) is 0 Å². The molecule has 2 aromatic rings. The Hall–Kier alpha value is -3.22. The van der Waals surface area contributed by atoms with Crippen LogP contribution in [-0.4, -0.2) is 19.5 Å². The van der Waals surface area contributed by atoms with Crippen molar-refractivity contribution in [2.45, 2.75) is 47.3 Å². The van der Waals surface area contributed by atoms with E-state index < -0.39 is 23.6 Å². The van der Waals surface area contributed by atoms with E-state index in [4.69, 9.17) is 0 Å². The number of allylic oxidation sites excluding steroid dienone is 2. The molecule has 0 bridgehead atoms. The quantitative estimate of drug-likeness (QED) is 0.538. The standard InChI is InChI=1S/C21H25N3O4/c1-7-9-22-19(26)23(10-8-2)21(28)24(20(22)27)12-18(25)17-11-13(3)14(4)15(5)16(17)6/h7-8,11H,1-2,9-10,12H2,3-6H3. The molecule has 28 heavy (non-hydrogen) atoms. The Bertz CT molecular complexity index is 1100. The summed E-state index contributed by atoms with van der Waals surface area (Å²) in [4.78, 5) is 50.7. The lowest BCUT2D eigenvalue weighted by molar-refractivity contribution is 0.0966. The topological polar surface area (TPSA) is 83.1 Å². The smallest absolute Gasteiger partial charge is 0.292 e. The van der Waals surface area contributed by atoms with Gasteiger partial charge in [0, 0.05) is 5.56 Å². The third-order valence-electron chi connectivity index (χ3n) is 5.09. The lowest BCUT2D eigenvalue weighted by Gasteiger charge is -2.15. The highest BCUT2D eigenvalue weighted by atomic mass is 16.2. The second-order valence-corrected chi connectivity index (χ2v) is 6.77. The van der Waals surface area contributed by atoms with Gasteiger partial charge in [0.05, 0.1) is 19.6 Å². The normalized spacial score (nSPS) is 10.7. The van der Waals surface area contributed by atoms with Gasteiger partial charge in [-0.15, -0.1) is 13.2 Å². The van der Waals surface area contributed by atoms with Gasteiger partial charge in [0.15, 0.2) is 5.78 Å². The predicted molar refractivity (Wildman–Crippen MR) is 109 cm³/mol. The van der Waals surface area contributed by atoms with Crippen LogP contribution in [-0.2, 0) is 19.6 Å². The first-order chi connectivity index (χ1) is 13.1. The fraction of sp³-hybridized carbons (Fsp3) is 0.333. The maximum absolute atomic E-state index is 12.9. The molecule has 0 saturated carbocycles. The number of Topliss-reactive ketones (excluding diaryl/α,β-unsaturated/α-hetero) is 1. The summed E-state index contributed by atoms with van der Waals surface area (Å²) in [6, 6.07) is 1.77. The van der Waals surface area contributed by atoms with Crippen LogP contribution in [0.15, 0.2) is 45.8 Å². The van der Waals surface area contributed by atoms with Crippen molar-refractivity contribution >= 4 is 5.78 Å². The van der Waals surface area contributed by atoms with E-state index in [1.807, 2.05) is 27.7 Å². The zero-order valence-electron chi connectivity index (χ0n) is 16.7. The molecule has 0 fully saturated rings. The first-order valence-electron chi connectivity index (χ1n) is 8.92. The summed E-state index contributed by atoms with van der Waals surface area (Å²) in [6.45, 7) is 14.1. The summed E-state index contributed by atoms with van der Waals surface area (Å²) in [7, 11) is 0. The van der Waals surface area contributed by atoms with E-state index in [1.165, 1.54) is 12.2 Å². The molecule has 0 saturated heterocycles. The number of aryl methyl sites for hydroxylation is 1. The Morgan fingerprint density at radius 2 is 1.29 bits per heavy atom. The number of hydrogen-bond donors (Lipinski definition) is 0. The molecule has 0 atom stereocenters. The maximum atomic E-state index is 12.9. The number of carbonyl (C=O) groups is 1. The van der Waals surface area contributed by atoms with Crippen molar-refractivity contribution in [3.63, 3.8) is 0 Å². The van der Waals surface area contributed by atoms with Gasteiger partial charge >= 0.3 is 17.1 Å². The van der Waals surface area contributed by atoms with E-state index in [9.17, 15) is 19.2 Å². The van der Waals surface area contributed by atoms with Gasteiger partial charge in [-0.05, 0) is 56.0 Å². The highest BCUT2D eigenvalue weighted by Gasteiger charge is 2.19. The molecule has 7 nitrogen and oxygen atoms in total. The number of nitrogens with zero attached hydrogens (tertiary/aromatic N) is 3. The molecule has 1 aromatic carbocycles. The van der Waals surface area contributed by atoms with E-state index in [1.54, 1.807) is 6.07 Å². The maximum Gasteiger partial charge on any atom is 0.337 e. The molecule has 0 aliphatic heterocycles. The lowest BCUT2D eigenvalue weighted by Crippen LogP contribution is -2.55. The number of hydrogen-bond acceptors (Lipinski definition) is 4. The van der Waals surface area contributed by atoms with Crippen molar-refractivity contribution in [3.8, 4) is 0 Å². The van der Waals surface area contributed by atoms with Gasteiger partial charge in [0.1, 0.15) is 0 Å². The molecule has 2 rings (SSSR count). The molecule has 0 aliphatic carbocycles. The molecule has 0 spiro atoms. The Morgan fingerprint density at radius 1 is 0.821 bits per heavy atom. The van der Waals surface area contributed by atoms with Crippen LogP contribution in [0.2, 0.25) is 0 Å². The fourth-order valence-electron chi connectivity index (χ4n) is 3.12. The average molecular weight is 383 g/mol. The molecule has 0 amide bonds. The number of carbonyl (C=O) groups excluding carboxylic acids is 1. The fourth-order valence-corrected chi connectivity index (χ4v) is 3.12. The number of rotatable bonds is 7. The van der Waals surface area contributed by atoms with Crippen LogP contribution in [0.3, 0.4) is 0 Å². The van der Waals surface area contributed by atoms with Crippen LogP contribution >= 0.6 is 0 Å². The van der Waals surface area contributed by atoms with Crippen molar-refractivity contribution in [1.82, 2.24) is 13.7 Å². The number of ketones is 1. The Kier molecular flexibility index (Phi) is 6.18. The first kappa shape index (κ1) is 21.1. The molecule has 7 heteroatoms. The van der Waals surface area contributed by atoms with Gasteiger partial charge in [0.25, 0.3) is 0 Å². The van der Waals surface area contributed by atoms with Crippen LogP contribution in [0.5, 0.6) is 0 Å². The second-order valence-electron chi connectivity index (χ2n) is 6.77. The molecule has 0 N–H and O–H groups in total. The zero-order valence-corrected chi connectivity index (χ0v) is 16.7. The van der Waals surface area contributed by atoms with Crippen LogP contribution in [0, 0.1) is 27.7 Å². The van der Waals surface area contributed by atoms with Gasteiger partial charge in [-0.3, -0.25) is 4.79 Å². The van der Waals surface area contributed by atoms with Crippen LogP contribution in [0.4, 0.5) is 0 Å². The summed E-state index contributed by atoms with van der Waals surface area (Å²) in [5, 5.41) is 0. The SMILES string of the molecule is C=CCn1c(=O)n(CC=C)c(=O)n(CC(=O)c2cc(C)c(C)c(C)c2C)c1=O. The Balaban J connectivity index is 2.67. The molecular formula is C21H25N3O4. The van der Waals surface area contributed by atoms with Crippen LogP contribution < -0.4 is 17.1 Å². The third kappa shape index (κ3) is 3.60. The van der Waals surface area contributed by atoms with Gasteiger partial charge in [-0.2, -0.15) is 0 Å². The van der Waals surface area contributed by atoms with E-state index in [0.717, 1.165) is 36.0 Å². The van der Waals surface area contributed by atoms with E-state index in [2.05, 4.69) is 13.2 Å². The highest BCUT2D eigenvalue weighted by molar-refractivity contribution is 5.98. The highest BCUT2D eigenvalue weighted by Crippen LogP contribution is 2.21. The number of aromatic nitrogens is 3. The monoisotopic (exact) mass is 383 g/mol. The summed E-state index contributed by atoms with van der Waals surface area (Å²) in [5.41, 5.74) is 1.91. The minimum atomic E-state index is -0.832. The average Bonchev–Trinajstić information content (AvgIpc) is 2.66. The largest absolute Gasteiger partial charge is 0.337 e. The van der Waals surface area contributed by atoms with Crippen molar-refractivity contribution in [2.75, 3.05) is 0 Å². The predicted octanol–water partition coefficient (Wildman–Crippen LogP) is 1.66. The van der Waals surface area contributed by atoms with E-state index >= 15 is 0 Å². The summed E-state index contributed by atoms with van der Waals surface area (Å²) >= 11 is 0. The molecular weight excluding hydrogens is 358 g/mol. The minimum Gasteiger partial charge on any atom is -0.292 e. The van der Waals surface area contributed by atoms with Gasteiger partial charge in [0.2, 0.25) is 0 Å². The van der Waals surface area contributed by atoms with E-state index in [0.29, 0.717) is 5.56 Å². The molecule has 0 radical (unpaired) electrons. The van der Waals surface area contributed by atoms with Gasteiger partial charge < -0.3 is 0 Å². The van der Waals surface area contributed by atoms with Gasteiger partial charge in [-0.1, -0.05) is 12.2 Å². The molecule has 148 valence electrons.